The highest BCUT2D eigenvalue weighted by Gasteiger charge is 2.11. The number of halogens is 1. The number of furan rings is 1. The highest BCUT2D eigenvalue weighted by Crippen LogP contribution is 2.14. The number of hydrogen-bond donors (Lipinski definition) is 3. The van der Waals surface area contributed by atoms with Crippen molar-refractivity contribution in [2.75, 3.05) is 26.2 Å². The van der Waals surface area contributed by atoms with Crippen molar-refractivity contribution in [2.45, 2.75) is 45.4 Å². The monoisotopic (exact) mass is 512 g/mol. The van der Waals surface area contributed by atoms with E-state index in [-0.39, 0.29) is 24.0 Å². The second-order valence-corrected chi connectivity index (χ2v) is 7.26. The van der Waals surface area contributed by atoms with Gasteiger partial charge in [0.25, 0.3) is 0 Å². The first-order chi connectivity index (χ1) is 13.7. The van der Waals surface area contributed by atoms with Crippen molar-refractivity contribution in [1.29, 1.82) is 0 Å². The Labute approximate surface area is 190 Å². The van der Waals surface area contributed by atoms with E-state index in [0.717, 1.165) is 13.1 Å². The smallest absolute Gasteiger partial charge is 0.191 e. The van der Waals surface area contributed by atoms with Crippen molar-refractivity contribution in [1.82, 2.24) is 15.5 Å². The van der Waals surface area contributed by atoms with E-state index < -0.39 is 6.10 Å². The van der Waals surface area contributed by atoms with Crippen molar-refractivity contribution in [2.24, 2.45) is 4.99 Å². The number of hydrogen-bond acceptors (Lipinski definition) is 4. The lowest BCUT2D eigenvalue weighted by Gasteiger charge is -2.26. The fourth-order valence-electron chi connectivity index (χ4n) is 3.41. The molecule has 6 nitrogen and oxygen atoms in total. The molecule has 0 saturated carbocycles. The lowest BCUT2D eigenvalue weighted by atomic mass is 10.1. The molecule has 1 saturated heterocycles. The summed E-state index contributed by atoms with van der Waals surface area (Å²) in [6, 6.07) is 12.3. The quantitative estimate of drug-likeness (QED) is 0.286. The van der Waals surface area contributed by atoms with Gasteiger partial charge >= 0.3 is 0 Å². The molecule has 3 N–H and O–H groups in total. The molecule has 0 aliphatic carbocycles. The lowest BCUT2D eigenvalue weighted by Crippen LogP contribution is -2.39. The summed E-state index contributed by atoms with van der Waals surface area (Å²) in [6.07, 6.45) is 4.87. The van der Waals surface area contributed by atoms with Gasteiger partial charge in [-0.25, -0.2) is 4.99 Å². The molecule has 1 aliphatic rings. The van der Waals surface area contributed by atoms with Crippen LogP contribution in [0.3, 0.4) is 0 Å². The SMILES string of the molecule is CCNC(=NCc1ccc(CN2CCCCC2)cc1)NCC(O)c1ccco1.I. The molecule has 2 heterocycles. The van der Waals surface area contributed by atoms with E-state index in [2.05, 4.69) is 44.8 Å². The van der Waals surface area contributed by atoms with E-state index in [0.29, 0.717) is 24.8 Å². The molecule has 1 atom stereocenters. The number of likely N-dealkylation sites (tertiary alicyclic amines) is 1. The van der Waals surface area contributed by atoms with Gasteiger partial charge < -0.3 is 20.2 Å². The number of aliphatic hydroxyl groups excluding tert-OH is 1. The van der Waals surface area contributed by atoms with Gasteiger partial charge in [0.1, 0.15) is 11.9 Å². The zero-order chi connectivity index (χ0) is 19.6. The molecule has 1 fully saturated rings. The Morgan fingerprint density at radius 3 is 2.48 bits per heavy atom. The fourth-order valence-corrected chi connectivity index (χ4v) is 3.41. The van der Waals surface area contributed by atoms with Gasteiger partial charge in [-0.3, -0.25) is 4.90 Å². The molecule has 0 amide bonds. The van der Waals surface area contributed by atoms with Gasteiger partial charge in [0, 0.05) is 13.1 Å². The molecular formula is C22H33IN4O2. The Kier molecular flexibility index (Phi) is 10.5. The summed E-state index contributed by atoms with van der Waals surface area (Å²) in [7, 11) is 0. The molecule has 0 radical (unpaired) electrons. The highest BCUT2D eigenvalue weighted by molar-refractivity contribution is 14.0. The van der Waals surface area contributed by atoms with Crippen LogP contribution in [0.4, 0.5) is 0 Å². The number of aliphatic hydroxyl groups is 1. The number of guanidine groups is 1. The van der Waals surface area contributed by atoms with Gasteiger partial charge in [0.2, 0.25) is 0 Å². The van der Waals surface area contributed by atoms with Crippen molar-refractivity contribution >= 4 is 29.9 Å². The van der Waals surface area contributed by atoms with Gasteiger partial charge in [-0.1, -0.05) is 30.7 Å². The molecule has 3 rings (SSSR count). The third kappa shape index (κ3) is 7.98. The average molecular weight is 512 g/mol. The van der Waals surface area contributed by atoms with Crippen LogP contribution in [0.5, 0.6) is 0 Å². The summed E-state index contributed by atoms with van der Waals surface area (Å²) in [5, 5.41) is 16.5. The second kappa shape index (κ2) is 12.9. The number of benzene rings is 1. The Morgan fingerprint density at radius 2 is 1.83 bits per heavy atom. The van der Waals surface area contributed by atoms with E-state index in [1.165, 1.54) is 43.5 Å². The Morgan fingerprint density at radius 1 is 1.10 bits per heavy atom. The van der Waals surface area contributed by atoms with Gasteiger partial charge in [0.15, 0.2) is 5.96 Å². The third-order valence-electron chi connectivity index (χ3n) is 4.98. The number of nitrogens with one attached hydrogen (secondary N) is 2. The molecule has 2 aromatic rings. The molecule has 7 heteroatoms. The number of nitrogens with zero attached hydrogens (tertiary/aromatic N) is 2. The Balaban J connectivity index is 0.00000300. The van der Waals surface area contributed by atoms with E-state index >= 15 is 0 Å². The molecule has 1 aliphatic heterocycles. The summed E-state index contributed by atoms with van der Waals surface area (Å²) < 4.78 is 5.23. The van der Waals surface area contributed by atoms with E-state index in [1.807, 2.05) is 6.92 Å². The van der Waals surface area contributed by atoms with Crippen LogP contribution in [0.1, 0.15) is 49.2 Å². The van der Waals surface area contributed by atoms with Crippen molar-refractivity contribution in [3.05, 3.63) is 59.5 Å². The van der Waals surface area contributed by atoms with Crippen LogP contribution < -0.4 is 10.6 Å². The maximum absolute atomic E-state index is 10.1. The van der Waals surface area contributed by atoms with Gasteiger partial charge in [-0.2, -0.15) is 0 Å². The van der Waals surface area contributed by atoms with Crippen LogP contribution >= 0.6 is 24.0 Å². The van der Waals surface area contributed by atoms with E-state index in [1.54, 1.807) is 18.4 Å². The highest BCUT2D eigenvalue weighted by atomic mass is 127. The topological polar surface area (TPSA) is 73.0 Å². The van der Waals surface area contributed by atoms with Crippen LogP contribution in [0.15, 0.2) is 52.1 Å². The summed E-state index contributed by atoms with van der Waals surface area (Å²) in [5.41, 5.74) is 2.53. The average Bonchev–Trinajstić information content (AvgIpc) is 3.27. The van der Waals surface area contributed by atoms with Crippen LogP contribution in [0.2, 0.25) is 0 Å². The molecular weight excluding hydrogens is 479 g/mol. The van der Waals surface area contributed by atoms with Crippen LogP contribution in [-0.2, 0) is 13.1 Å². The summed E-state index contributed by atoms with van der Waals surface area (Å²) in [5.74, 6) is 1.23. The minimum absolute atomic E-state index is 0. The van der Waals surface area contributed by atoms with E-state index in [9.17, 15) is 5.11 Å². The standard InChI is InChI=1S/C22H32N4O2.HI/c1-2-23-22(25-16-20(27)21-7-6-14-28-21)24-15-18-8-10-19(11-9-18)17-26-12-4-3-5-13-26;/h6-11,14,20,27H,2-5,12-13,15-17H2,1H3,(H2,23,24,25);1H. The predicted octanol–water partition coefficient (Wildman–Crippen LogP) is 3.67. The summed E-state index contributed by atoms with van der Waals surface area (Å²) >= 11 is 0. The Hall–Kier alpha value is -1.58. The summed E-state index contributed by atoms with van der Waals surface area (Å²) in [6.45, 7) is 7.19. The van der Waals surface area contributed by atoms with Crippen LogP contribution in [0, 0.1) is 0 Å². The predicted molar refractivity (Wildman–Crippen MR) is 127 cm³/mol. The van der Waals surface area contributed by atoms with Gasteiger partial charge in [0.05, 0.1) is 19.4 Å². The molecule has 1 unspecified atom stereocenters. The molecule has 0 bridgehead atoms. The zero-order valence-electron chi connectivity index (χ0n) is 17.1. The molecule has 29 heavy (non-hydrogen) atoms. The largest absolute Gasteiger partial charge is 0.467 e. The maximum atomic E-state index is 10.1. The number of aliphatic imine (C=N–C) groups is 1. The Bertz CT molecular complexity index is 713. The fraction of sp³-hybridized carbons (Fsp3) is 0.500. The minimum atomic E-state index is -0.701. The van der Waals surface area contributed by atoms with Gasteiger partial charge in [-0.15, -0.1) is 24.0 Å². The third-order valence-corrected chi connectivity index (χ3v) is 4.98. The number of piperidine rings is 1. The first-order valence-electron chi connectivity index (χ1n) is 10.3. The van der Waals surface area contributed by atoms with Gasteiger partial charge in [-0.05, 0) is 56.1 Å². The summed E-state index contributed by atoms with van der Waals surface area (Å²) in [4.78, 5) is 7.16. The first kappa shape index (κ1) is 23.7. The minimum Gasteiger partial charge on any atom is -0.467 e. The van der Waals surface area contributed by atoms with Crippen LogP contribution in [0.25, 0.3) is 0 Å². The van der Waals surface area contributed by atoms with Crippen LogP contribution in [-0.4, -0.2) is 42.1 Å². The zero-order valence-corrected chi connectivity index (χ0v) is 19.5. The lowest BCUT2D eigenvalue weighted by molar-refractivity contribution is 0.153. The normalized spacial score (nSPS) is 16.1. The second-order valence-electron chi connectivity index (χ2n) is 7.26. The van der Waals surface area contributed by atoms with Crippen molar-refractivity contribution in [3.8, 4) is 0 Å². The molecule has 1 aromatic heterocycles. The number of rotatable bonds is 8. The molecule has 160 valence electrons. The first-order valence-corrected chi connectivity index (χ1v) is 10.3. The van der Waals surface area contributed by atoms with Crippen molar-refractivity contribution in [3.63, 3.8) is 0 Å². The molecule has 1 aromatic carbocycles. The maximum Gasteiger partial charge on any atom is 0.191 e. The van der Waals surface area contributed by atoms with E-state index in [4.69, 9.17) is 4.42 Å². The van der Waals surface area contributed by atoms with Crippen molar-refractivity contribution < 1.29 is 9.52 Å². The molecule has 0 spiro atoms.